The lowest BCUT2D eigenvalue weighted by molar-refractivity contribution is 0.377. The monoisotopic (exact) mass is 270 g/mol. The number of halogens is 1. The van der Waals surface area contributed by atoms with Gasteiger partial charge >= 0.3 is 0 Å². The van der Waals surface area contributed by atoms with Crippen molar-refractivity contribution in [1.29, 1.82) is 0 Å². The van der Waals surface area contributed by atoms with Crippen molar-refractivity contribution >= 4 is 17.4 Å². The lowest BCUT2D eigenvalue weighted by Gasteiger charge is -2.33. The van der Waals surface area contributed by atoms with Crippen LogP contribution in [0.5, 0.6) is 0 Å². The summed E-state index contributed by atoms with van der Waals surface area (Å²) < 4.78 is 0. The third kappa shape index (κ3) is 3.03. The van der Waals surface area contributed by atoms with E-state index < -0.39 is 0 Å². The molecule has 1 aliphatic heterocycles. The molecule has 1 aromatic heterocycles. The average Bonchev–Trinajstić information content (AvgIpc) is 2.40. The number of piperidine rings is 1. The van der Waals surface area contributed by atoms with E-state index in [0.29, 0.717) is 5.82 Å². The molecule has 0 spiro atoms. The Morgan fingerprint density at radius 2 is 2.28 bits per heavy atom. The summed E-state index contributed by atoms with van der Waals surface area (Å²) in [5.74, 6) is 1.38. The van der Waals surface area contributed by atoms with Gasteiger partial charge in [0, 0.05) is 13.1 Å². The van der Waals surface area contributed by atoms with Gasteiger partial charge in [-0.1, -0.05) is 11.6 Å². The van der Waals surface area contributed by atoms with E-state index in [1.165, 1.54) is 12.7 Å². The van der Waals surface area contributed by atoms with Gasteiger partial charge < -0.3 is 15.2 Å². The topological polar surface area (TPSA) is 61.0 Å². The van der Waals surface area contributed by atoms with Gasteiger partial charge in [-0.05, 0) is 38.8 Å². The molecule has 2 heterocycles. The minimum Gasteiger partial charge on any atom is -0.355 e. The Morgan fingerprint density at radius 1 is 1.56 bits per heavy atom. The van der Waals surface area contributed by atoms with Crippen LogP contribution in [0, 0.1) is 5.92 Å². The van der Waals surface area contributed by atoms with Gasteiger partial charge in [0.2, 0.25) is 0 Å². The summed E-state index contributed by atoms with van der Waals surface area (Å²) in [5.41, 5.74) is -0.265. The van der Waals surface area contributed by atoms with Crippen LogP contribution in [0.3, 0.4) is 0 Å². The fourth-order valence-corrected chi connectivity index (χ4v) is 2.60. The second-order valence-electron chi connectivity index (χ2n) is 4.69. The molecular formula is C12H19ClN4O. The number of anilines is 1. The number of rotatable bonds is 4. The predicted octanol–water partition coefficient (Wildman–Crippen LogP) is 1.25. The number of nitrogens with one attached hydrogen (secondary N) is 2. The highest BCUT2D eigenvalue weighted by Crippen LogP contribution is 2.26. The summed E-state index contributed by atoms with van der Waals surface area (Å²) in [6, 6.07) is 0. The smallest absolute Gasteiger partial charge is 0.271 e. The number of H-pyrrole nitrogens is 1. The lowest BCUT2D eigenvalue weighted by Crippen LogP contribution is -2.36. The minimum atomic E-state index is -0.265. The van der Waals surface area contributed by atoms with Crippen LogP contribution in [0.4, 0.5) is 5.82 Å². The van der Waals surface area contributed by atoms with E-state index in [4.69, 9.17) is 11.6 Å². The van der Waals surface area contributed by atoms with Crippen molar-refractivity contribution in [3.63, 3.8) is 0 Å². The van der Waals surface area contributed by atoms with Gasteiger partial charge in [0.15, 0.2) is 5.82 Å². The Balaban J connectivity index is 1.97. The summed E-state index contributed by atoms with van der Waals surface area (Å²) in [6.45, 7) is 2.91. The molecule has 2 N–H and O–H groups in total. The fourth-order valence-electron chi connectivity index (χ4n) is 2.38. The number of hydrogen-bond donors (Lipinski definition) is 2. The molecule has 6 heteroatoms. The van der Waals surface area contributed by atoms with E-state index in [1.807, 2.05) is 7.05 Å². The second-order valence-corrected chi connectivity index (χ2v) is 5.07. The number of aromatic nitrogens is 2. The summed E-state index contributed by atoms with van der Waals surface area (Å²) >= 11 is 5.99. The van der Waals surface area contributed by atoms with Crippen LogP contribution in [0.15, 0.2) is 11.1 Å². The van der Waals surface area contributed by atoms with Gasteiger partial charge in [-0.2, -0.15) is 0 Å². The summed E-state index contributed by atoms with van der Waals surface area (Å²) in [5, 5.41) is 3.38. The van der Waals surface area contributed by atoms with Crippen LogP contribution >= 0.6 is 11.6 Å². The van der Waals surface area contributed by atoms with Gasteiger partial charge in [0.1, 0.15) is 5.02 Å². The normalized spacial score (nSPS) is 17.1. The molecule has 100 valence electrons. The van der Waals surface area contributed by atoms with Crippen molar-refractivity contribution in [2.75, 3.05) is 31.6 Å². The number of nitrogens with zero attached hydrogens (tertiary/aromatic N) is 2. The molecule has 0 radical (unpaired) electrons. The van der Waals surface area contributed by atoms with Gasteiger partial charge in [-0.15, -0.1) is 0 Å². The summed E-state index contributed by atoms with van der Waals surface area (Å²) in [6.07, 6.45) is 4.89. The van der Waals surface area contributed by atoms with Crippen molar-refractivity contribution < 1.29 is 0 Å². The number of hydrogen-bond acceptors (Lipinski definition) is 4. The highest BCUT2D eigenvalue weighted by molar-refractivity contribution is 6.32. The van der Waals surface area contributed by atoms with E-state index in [2.05, 4.69) is 20.2 Å². The first-order valence-corrected chi connectivity index (χ1v) is 6.73. The maximum absolute atomic E-state index is 11.4. The maximum atomic E-state index is 11.4. The van der Waals surface area contributed by atoms with Crippen molar-refractivity contribution in [2.45, 2.75) is 19.3 Å². The molecule has 0 bridgehead atoms. The first-order chi connectivity index (χ1) is 8.72. The zero-order valence-electron chi connectivity index (χ0n) is 10.6. The lowest BCUT2D eigenvalue weighted by atomic mass is 9.93. The molecule has 1 aliphatic rings. The largest absolute Gasteiger partial charge is 0.355 e. The van der Waals surface area contributed by atoms with E-state index in [1.54, 1.807) is 0 Å². The van der Waals surface area contributed by atoms with E-state index >= 15 is 0 Å². The van der Waals surface area contributed by atoms with Crippen molar-refractivity contribution in [3.05, 3.63) is 21.7 Å². The molecule has 5 nitrogen and oxygen atoms in total. The summed E-state index contributed by atoms with van der Waals surface area (Å²) in [7, 11) is 1.98. The molecule has 1 saturated heterocycles. The standard InChI is InChI=1S/C12H19ClN4O/c1-14-5-2-9-3-6-17(7-4-9)11-10(13)12(18)16-8-15-11/h8-9,14H,2-7H2,1H3,(H,15,16,18). The van der Waals surface area contributed by atoms with Crippen molar-refractivity contribution in [1.82, 2.24) is 15.3 Å². The predicted molar refractivity (Wildman–Crippen MR) is 73.3 cm³/mol. The SMILES string of the molecule is CNCCC1CCN(c2nc[nH]c(=O)c2Cl)CC1. The molecule has 0 saturated carbocycles. The molecule has 0 aromatic carbocycles. The van der Waals surface area contributed by atoms with Gasteiger partial charge in [0.05, 0.1) is 6.33 Å². The quantitative estimate of drug-likeness (QED) is 0.865. The minimum absolute atomic E-state index is 0.200. The van der Waals surface area contributed by atoms with Crippen LogP contribution in [0.25, 0.3) is 0 Å². The van der Waals surface area contributed by atoms with Gasteiger partial charge in [-0.25, -0.2) is 4.98 Å². The Hall–Kier alpha value is -1.07. The molecular weight excluding hydrogens is 252 g/mol. The molecule has 0 unspecified atom stereocenters. The highest BCUT2D eigenvalue weighted by atomic mass is 35.5. The van der Waals surface area contributed by atoms with Crippen molar-refractivity contribution in [2.24, 2.45) is 5.92 Å². The average molecular weight is 271 g/mol. The van der Waals surface area contributed by atoms with Crippen LogP contribution in [-0.4, -0.2) is 36.6 Å². The zero-order chi connectivity index (χ0) is 13.0. The van der Waals surface area contributed by atoms with Gasteiger partial charge in [0.25, 0.3) is 5.56 Å². The Kier molecular flexibility index (Phi) is 4.60. The van der Waals surface area contributed by atoms with Crippen LogP contribution in [0.2, 0.25) is 5.02 Å². The third-order valence-corrected chi connectivity index (χ3v) is 3.84. The molecule has 0 atom stereocenters. The van der Waals surface area contributed by atoms with Crippen LogP contribution < -0.4 is 15.8 Å². The maximum Gasteiger partial charge on any atom is 0.271 e. The Labute approximate surface area is 112 Å². The molecule has 18 heavy (non-hydrogen) atoms. The third-order valence-electron chi connectivity index (χ3n) is 3.49. The zero-order valence-corrected chi connectivity index (χ0v) is 11.3. The van der Waals surface area contributed by atoms with Gasteiger partial charge in [-0.3, -0.25) is 4.79 Å². The molecule has 2 rings (SSSR count). The second kappa shape index (κ2) is 6.20. The van der Waals surface area contributed by atoms with E-state index in [0.717, 1.165) is 38.4 Å². The first-order valence-electron chi connectivity index (χ1n) is 6.35. The molecule has 1 fully saturated rings. The van der Waals surface area contributed by atoms with Crippen molar-refractivity contribution in [3.8, 4) is 0 Å². The van der Waals surface area contributed by atoms with Crippen LogP contribution in [-0.2, 0) is 0 Å². The Morgan fingerprint density at radius 3 is 2.94 bits per heavy atom. The first kappa shape index (κ1) is 13.4. The van der Waals surface area contributed by atoms with E-state index in [-0.39, 0.29) is 10.6 Å². The molecule has 0 amide bonds. The fraction of sp³-hybridized carbons (Fsp3) is 0.667. The van der Waals surface area contributed by atoms with E-state index in [9.17, 15) is 4.79 Å². The Bertz CT molecular complexity index is 440. The molecule has 0 aliphatic carbocycles. The number of aromatic amines is 1. The molecule has 1 aromatic rings. The van der Waals surface area contributed by atoms with Crippen LogP contribution in [0.1, 0.15) is 19.3 Å². The summed E-state index contributed by atoms with van der Waals surface area (Å²) in [4.78, 5) is 20.2. The highest BCUT2D eigenvalue weighted by Gasteiger charge is 2.22.